The Morgan fingerprint density at radius 2 is 1.95 bits per heavy atom. The van der Waals surface area contributed by atoms with Crippen LogP contribution in [0.4, 0.5) is 5.69 Å². The predicted octanol–water partition coefficient (Wildman–Crippen LogP) is 5.06. The van der Waals surface area contributed by atoms with E-state index in [9.17, 15) is 4.79 Å². The van der Waals surface area contributed by atoms with Crippen LogP contribution in [0.15, 0.2) is 34.9 Å². The lowest BCUT2D eigenvalue weighted by Gasteiger charge is -2.08. The average Bonchev–Trinajstić information content (AvgIpc) is 2.35. The number of carbonyl (C=O) groups is 1. The summed E-state index contributed by atoms with van der Waals surface area (Å²) in [5.41, 5.74) is 0.703. The van der Waals surface area contributed by atoms with E-state index < -0.39 is 5.91 Å². The van der Waals surface area contributed by atoms with Gasteiger partial charge in [-0.05, 0) is 40.2 Å². The molecule has 0 saturated carbocycles. The van der Waals surface area contributed by atoms with Crippen molar-refractivity contribution < 1.29 is 4.79 Å². The largest absolute Gasteiger partial charge is 0.321 e. The number of nitrogens with zero attached hydrogens (tertiary/aromatic N) is 1. The molecule has 0 aliphatic rings. The molecule has 2 rings (SSSR count). The molecule has 0 radical (unpaired) electrons. The van der Waals surface area contributed by atoms with Gasteiger partial charge < -0.3 is 5.32 Å². The average molecular weight is 380 g/mol. The molecule has 0 unspecified atom stereocenters. The minimum absolute atomic E-state index is 0.116. The summed E-state index contributed by atoms with van der Waals surface area (Å²) in [7, 11) is 0. The SMILES string of the molecule is O=C(Nc1ccc(Cl)cc1Cl)c1cc(Br)cnc1Cl. The zero-order valence-electron chi connectivity index (χ0n) is 9.25. The van der Waals surface area contributed by atoms with Gasteiger partial charge in [-0.15, -0.1) is 0 Å². The Morgan fingerprint density at radius 1 is 1.21 bits per heavy atom. The van der Waals surface area contributed by atoms with E-state index in [1.54, 1.807) is 24.3 Å². The molecule has 1 N–H and O–H groups in total. The molecule has 0 fully saturated rings. The number of hydrogen-bond donors (Lipinski definition) is 1. The molecule has 0 saturated heterocycles. The molecule has 0 spiro atoms. The Labute approximate surface area is 133 Å². The molecule has 1 heterocycles. The molecule has 19 heavy (non-hydrogen) atoms. The third-order valence-electron chi connectivity index (χ3n) is 2.23. The number of amides is 1. The highest BCUT2D eigenvalue weighted by atomic mass is 79.9. The molecule has 0 bridgehead atoms. The first-order chi connectivity index (χ1) is 8.97. The second-order valence-corrected chi connectivity index (χ2v) is 5.69. The van der Waals surface area contributed by atoms with Gasteiger partial charge in [0.05, 0.1) is 16.3 Å². The van der Waals surface area contributed by atoms with Gasteiger partial charge in [0.2, 0.25) is 0 Å². The zero-order valence-corrected chi connectivity index (χ0v) is 13.1. The van der Waals surface area contributed by atoms with Gasteiger partial charge in [0.25, 0.3) is 5.91 Å². The van der Waals surface area contributed by atoms with Crippen LogP contribution in [-0.4, -0.2) is 10.9 Å². The van der Waals surface area contributed by atoms with Crippen LogP contribution in [0.25, 0.3) is 0 Å². The maximum atomic E-state index is 12.1. The van der Waals surface area contributed by atoms with E-state index >= 15 is 0 Å². The van der Waals surface area contributed by atoms with Crippen LogP contribution in [0.1, 0.15) is 10.4 Å². The summed E-state index contributed by atoms with van der Waals surface area (Å²) in [6.07, 6.45) is 1.51. The van der Waals surface area contributed by atoms with Crippen LogP contribution < -0.4 is 5.32 Å². The van der Waals surface area contributed by atoms with Crippen molar-refractivity contribution in [1.82, 2.24) is 4.98 Å². The number of halogens is 4. The molecule has 2 aromatic rings. The summed E-state index contributed by atoms with van der Waals surface area (Å²) in [6.45, 7) is 0. The molecule has 0 atom stereocenters. The summed E-state index contributed by atoms with van der Waals surface area (Å²) >= 11 is 20.9. The van der Waals surface area contributed by atoms with Gasteiger partial charge in [0, 0.05) is 15.7 Å². The van der Waals surface area contributed by atoms with Crippen LogP contribution in [0.2, 0.25) is 15.2 Å². The first-order valence-corrected chi connectivity index (χ1v) is 6.97. The molecule has 1 aromatic heterocycles. The monoisotopic (exact) mass is 378 g/mol. The van der Waals surface area contributed by atoms with Gasteiger partial charge in [-0.2, -0.15) is 0 Å². The van der Waals surface area contributed by atoms with Gasteiger partial charge in [-0.25, -0.2) is 4.98 Å². The number of pyridine rings is 1. The number of aromatic nitrogens is 1. The molecule has 7 heteroatoms. The normalized spacial score (nSPS) is 10.3. The van der Waals surface area contributed by atoms with Crippen molar-refractivity contribution in [2.45, 2.75) is 0 Å². The molecule has 1 amide bonds. The van der Waals surface area contributed by atoms with E-state index in [2.05, 4.69) is 26.2 Å². The third-order valence-corrected chi connectivity index (χ3v) is 3.51. The van der Waals surface area contributed by atoms with Gasteiger partial charge >= 0.3 is 0 Å². The zero-order chi connectivity index (χ0) is 14.0. The maximum Gasteiger partial charge on any atom is 0.258 e. The van der Waals surface area contributed by atoms with Crippen molar-refractivity contribution in [3.05, 3.63) is 55.7 Å². The topological polar surface area (TPSA) is 42.0 Å². The van der Waals surface area contributed by atoms with Crippen molar-refractivity contribution >= 4 is 62.3 Å². The fraction of sp³-hybridized carbons (Fsp3) is 0. The lowest BCUT2D eigenvalue weighted by molar-refractivity contribution is 0.102. The summed E-state index contributed by atoms with van der Waals surface area (Å²) in [5, 5.41) is 3.60. The Balaban J connectivity index is 2.28. The second-order valence-electron chi connectivity index (χ2n) is 3.57. The molecule has 98 valence electrons. The number of rotatable bonds is 2. The summed E-state index contributed by atoms with van der Waals surface area (Å²) in [4.78, 5) is 16.0. The van der Waals surface area contributed by atoms with Crippen molar-refractivity contribution in [3.8, 4) is 0 Å². The van der Waals surface area contributed by atoms with E-state index in [4.69, 9.17) is 34.8 Å². The van der Waals surface area contributed by atoms with Gasteiger partial charge in [-0.3, -0.25) is 4.79 Å². The fourth-order valence-electron chi connectivity index (χ4n) is 1.36. The second kappa shape index (κ2) is 6.09. The summed E-state index contributed by atoms with van der Waals surface area (Å²) in [6, 6.07) is 6.36. The molecule has 0 aliphatic carbocycles. The molecule has 3 nitrogen and oxygen atoms in total. The number of benzene rings is 1. The maximum absolute atomic E-state index is 12.1. The van der Waals surface area contributed by atoms with E-state index in [1.807, 2.05) is 0 Å². The first kappa shape index (κ1) is 14.6. The predicted molar refractivity (Wildman–Crippen MR) is 81.4 cm³/mol. The quantitative estimate of drug-likeness (QED) is 0.740. The summed E-state index contributed by atoms with van der Waals surface area (Å²) in [5.74, 6) is -0.400. The fourth-order valence-corrected chi connectivity index (χ4v) is 2.34. The highest BCUT2D eigenvalue weighted by Crippen LogP contribution is 2.26. The van der Waals surface area contributed by atoms with E-state index in [0.29, 0.717) is 20.2 Å². The van der Waals surface area contributed by atoms with Gasteiger partial charge in [0.15, 0.2) is 0 Å². The molecule has 1 aromatic carbocycles. The molecular weight excluding hydrogens is 374 g/mol. The van der Waals surface area contributed by atoms with Crippen molar-refractivity contribution in [2.75, 3.05) is 5.32 Å². The first-order valence-electron chi connectivity index (χ1n) is 5.05. The smallest absolute Gasteiger partial charge is 0.258 e. The molecular formula is C12H6BrCl3N2O. The highest BCUT2D eigenvalue weighted by molar-refractivity contribution is 9.10. The Kier molecular flexibility index (Phi) is 4.68. The van der Waals surface area contributed by atoms with Crippen molar-refractivity contribution in [2.24, 2.45) is 0 Å². The minimum Gasteiger partial charge on any atom is -0.321 e. The van der Waals surface area contributed by atoms with E-state index in [-0.39, 0.29) is 10.7 Å². The van der Waals surface area contributed by atoms with Crippen molar-refractivity contribution in [3.63, 3.8) is 0 Å². The van der Waals surface area contributed by atoms with E-state index in [1.165, 1.54) is 6.20 Å². The minimum atomic E-state index is -0.400. The standard InChI is InChI=1S/C12H6BrCl3N2O/c13-6-3-8(11(16)17-5-6)12(19)18-10-2-1-7(14)4-9(10)15/h1-5H,(H,18,19). The van der Waals surface area contributed by atoms with Crippen LogP contribution in [0.5, 0.6) is 0 Å². The number of anilines is 1. The Bertz CT molecular complexity index is 649. The van der Waals surface area contributed by atoms with E-state index in [0.717, 1.165) is 0 Å². The highest BCUT2D eigenvalue weighted by Gasteiger charge is 2.13. The molecule has 0 aliphatic heterocycles. The summed E-state index contributed by atoms with van der Waals surface area (Å²) < 4.78 is 0.657. The third kappa shape index (κ3) is 3.60. The lowest BCUT2D eigenvalue weighted by Crippen LogP contribution is -2.13. The van der Waals surface area contributed by atoms with Crippen LogP contribution in [0, 0.1) is 0 Å². The van der Waals surface area contributed by atoms with Gasteiger partial charge in [0.1, 0.15) is 5.15 Å². The van der Waals surface area contributed by atoms with Gasteiger partial charge in [-0.1, -0.05) is 34.8 Å². The lowest BCUT2D eigenvalue weighted by atomic mass is 10.2. The van der Waals surface area contributed by atoms with Crippen LogP contribution >= 0.6 is 50.7 Å². The van der Waals surface area contributed by atoms with Crippen LogP contribution in [0.3, 0.4) is 0 Å². The Morgan fingerprint density at radius 3 is 2.63 bits per heavy atom. The van der Waals surface area contributed by atoms with Crippen molar-refractivity contribution in [1.29, 1.82) is 0 Å². The number of carbonyl (C=O) groups excluding carboxylic acids is 1. The number of hydrogen-bond acceptors (Lipinski definition) is 2. The van der Waals surface area contributed by atoms with Crippen LogP contribution in [-0.2, 0) is 0 Å². The number of nitrogens with one attached hydrogen (secondary N) is 1. The Hall–Kier alpha value is -0.810.